The SMILES string of the molecule is CC(C)(C)NCc1ccc(CN)o1. The Labute approximate surface area is 79.3 Å². The van der Waals surface area contributed by atoms with E-state index < -0.39 is 0 Å². The van der Waals surface area contributed by atoms with Crippen LogP contribution < -0.4 is 11.1 Å². The molecule has 0 saturated carbocycles. The summed E-state index contributed by atoms with van der Waals surface area (Å²) in [6.45, 7) is 7.60. The van der Waals surface area contributed by atoms with Crippen molar-refractivity contribution in [2.75, 3.05) is 0 Å². The monoisotopic (exact) mass is 182 g/mol. The van der Waals surface area contributed by atoms with Crippen molar-refractivity contribution in [2.24, 2.45) is 5.73 Å². The fourth-order valence-corrected chi connectivity index (χ4v) is 0.979. The molecule has 0 fully saturated rings. The van der Waals surface area contributed by atoms with Crippen LogP contribution in [0.5, 0.6) is 0 Å². The summed E-state index contributed by atoms with van der Waals surface area (Å²) in [4.78, 5) is 0. The number of hydrogen-bond donors (Lipinski definition) is 2. The highest BCUT2D eigenvalue weighted by Crippen LogP contribution is 2.08. The fraction of sp³-hybridized carbons (Fsp3) is 0.600. The van der Waals surface area contributed by atoms with Gasteiger partial charge in [0.1, 0.15) is 11.5 Å². The van der Waals surface area contributed by atoms with Gasteiger partial charge in [-0.3, -0.25) is 0 Å². The molecule has 1 heterocycles. The number of nitrogens with one attached hydrogen (secondary N) is 1. The zero-order valence-corrected chi connectivity index (χ0v) is 8.55. The summed E-state index contributed by atoms with van der Waals surface area (Å²) in [6.07, 6.45) is 0. The van der Waals surface area contributed by atoms with Crippen LogP contribution >= 0.6 is 0 Å². The molecule has 13 heavy (non-hydrogen) atoms. The molecule has 1 rings (SSSR count). The minimum absolute atomic E-state index is 0.121. The maximum atomic E-state index is 5.44. The van der Waals surface area contributed by atoms with Crippen molar-refractivity contribution in [1.29, 1.82) is 0 Å². The third-order valence-corrected chi connectivity index (χ3v) is 1.71. The van der Waals surface area contributed by atoms with Crippen molar-refractivity contribution in [2.45, 2.75) is 39.4 Å². The summed E-state index contributed by atoms with van der Waals surface area (Å²) in [7, 11) is 0. The summed E-state index contributed by atoms with van der Waals surface area (Å²) in [5, 5.41) is 3.34. The third-order valence-electron chi connectivity index (χ3n) is 1.71. The lowest BCUT2D eigenvalue weighted by Crippen LogP contribution is -2.34. The Morgan fingerprint density at radius 1 is 1.31 bits per heavy atom. The minimum Gasteiger partial charge on any atom is -0.463 e. The molecule has 0 saturated heterocycles. The maximum Gasteiger partial charge on any atom is 0.118 e. The number of rotatable bonds is 3. The second kappa shape index (κ2) is 3.94. The van der Waals surface area contributed by atoms with Gasteiger partial charge >= 0.3 is 0 Å². The van der Waals surface area contributed by atoms with Crippen LogP contribution in [-0.2, 0) is 13.1 Å². The molecule has 3 nitrogen and oxygen atoms in total. The van der Waals surface area contributed by atoms with Gasteiger partial charge in [-0.05, 0) is 32.9 Å². The molecule has 0 aromatic carbocycles. The van der Waals surface area contributed by atoms with Crippen molar-refractivity contribution in [3.63, 3.8) is 0 Å². The summed E-state index contributed by atoms with van der Waals surface area (Å²) in [5.74, 6) is 1.78. The second-order valence-corrected chi connectivity index (χ2v) is 4.18. The van der Waals surface area contributed by atoms with Gasteiger partial charge in [0, 0.05) is 5.54 Å². The van der Waals surface area contributed by atoms with E-state index in [0.29, 0.717) is 6.54 Å². The molecule has 1 aromatic heterocycles. The van der Waals surface area contributed by atoms with Crippen LogP contribution in [0.15, 0.2) is 16.5 Å². The standard InChI is InChI=1S/C10H18N2O/c1-10(2,3)12-7-9-5-4-8(6-11)13-9/h4-5,12H,6-7,11H2,1-3H3. The zero-order chi connectivity index (χ0) is 9.90. The number of hydrogen-bond acceptors (Lipinski definition) is 3. The van der Waals surface area contributed by atoms with Crippen LogP contribution in [0.4, 0.5) is 0 Å². The van der Waals surface area contributed by atoms with Gasteiger partial charge in [-0.15, -0.1) is 0 Å². The number of furan rings is 1. The van der Waals surface area contributed by atoms with E-state index in [0.717, 1.165) is 18.1 Å². The molecule has 0 radical (unpaired) electrons. The van der Waals surface area contributed by atoms with Crippen LogP contribution in [0.3, 0.4) is 0 Å². The van der Waals surface area contributed by atoms with E-state index in [-0.39, 0.29) is 5.54 Å². The van der Waals surface area contributed by atoms with Gasteiger partial charge in [0.15, 0.2) is 0 Å². The molecule has 3 N–H and O–H groups in total. The van der Waals surface area contributed by atoms with Crippen molar-refractivity contribution >= 4 is 0 Å². The van der Waals surface area contributed by atoms with E-state index in [1.54, 1.807) is 0 Å². The van der Waals surface area contributed by atoms with E-state index in [9.17, 15) is 0 Å². The van der Waals surface area contributed by atoms with E-state index in [1.165, 1.54) is 0 Å². The smallest absolute Gasteiger partial charge is 0.118 e. The molecule has 0 aliphatic rings. The topological polar surface area (TPSA) is 51.2 Å². The molecular weight excluding hydrogens is 164 g/mol. The van der Waals surface area contributed by atoms with Gasteiger partial charge in [-0.1, -0.05) is 0 Å². The fourth-order valence-electron chi connectivity index (χ4n) is 0.979. The molecule has 0 amide bonds. The predicted molar refractivity (Wildman–Crippen MR) is 53.2 cm³/mol. The van der Waals surface area contributed by atoms with Gasteiger partial charge in [0.25, 0.3) is 0 Å². The predicted octanol–water partition coefficient (Wildman–Crippen LogP) is 1.63. The molecular formula is C10H18N2O. The number of nitrogens with two attached hydrogens (primary N) is 1. The molecule has 1 aromatic rings. The van der Waals surface area contributed by atoms with E-state index >= 15 is 0 Å². The van der Waals surface area contributed by atoms with E-state index in [2.05, 4.69) is 26.1 Å². The van der Waals surface area contributed by atoms with Gasteiger partial charge in [0.05, 0.1) is 13.1 Å². The summed E-state index contributed by atoms with van der Waals surface area (Å²) in [6, 6.07) is 3.88. The van der Waals surface area contributed by atoms with E-state index in [1.807, 2.05) is 12.1 Å². The summed E-state index contributed by atoms with van der Waals surface area (Å²) < 4.78 is 5.44. The first-order chi connectivity index (χ1) is 6.01. The lowest BCUT2D eigenvalue weighted by molar-refractivity contribution is 0.379. The van der Waals surface area contributed by atoms with Gasteiger partial charge in [-0.25, -0.2) is 0 Å². The maximum absolute atomic E-state index is 5.44. The second-order valence-electron chi connectivity index (χ2n) is 4.18. The van der Waals surface area contributed by atoms with Crippen molar-refractivity contribution in [1.82, 2.24) is 5.32 Å². The molecule has 0 bridgehead atoms. The quantitative estimate of drug-likeness (QED) is 0.747. The summed E-state index contributed by atoms with van der Waals surface area (Å²) >= 11 is 0. The van der Waals surface area contributed by atoms with Crippen LogP contribution in [0.1, 0.15) is 32.3 Å². The van der Waals surface area contributed by atoms with Crippen LogP contribution in [-0.4, -0.2) is 5.54 Å². The Kier molecular flexibility index (Phi) is 3.12. The highest BCUT2D eigenvalue weighted by atomic mass is 16.3. The Morgan fingerprint density at radius 2 is 1.92 bits per heavy atom. The molecule has 0 aliphatic heterocycles. The Balaban J connectivity index is 2.46. The average molecular weight is 182 g/mol. The Morgan fingerprint density at radius 3 is 2.38 bits per heavy atom. The normalized spacial score (nSPS) is 12.0. The van der Waals surface area contributed by atoms with Gasteiger partial charge in [-0.2, -0.15) is 0 Å². The van der Waals surface area contributed by atoms with Crippen molar-refractivity contribution in [3.05, 3.63) is 23.7 Å². The van der Waals surface area contributed by atoms with Crippen LogP contribution in [0.25, 0.3) is 0 Å². The largest absolute Gasteiger partial charge is 0.463 e. The molecule has 0 atom stereocenters. The lowest BCUT2D eigenvalue weighted by atomic mass is 10.1. The van der Waals surface area contributed by atoms with Crippen molar-refractivity contribution < 1.29 is 4.42 Å². The average Bonchev–Trinajstić information content (AvgIpc) is 2.47. The lowest BCUT2D eigenvalue weighted by Gasteiger charge is -2.19. The first-order valence-corrected chi connectivity index (χ1v) is 4.54. The summed E-state index contributed by atoms with van der Waals surface area (Å²) in [5.41, 5.74) is 5.55. The first-order valence-electron chi connectivity index (χ1n) is 4.54. The van der Waals surface area contributed by atoms with Gasteiger partial charge < -0.3 is 15.5 Å². The zero-order valence-electron chi connectivity index (χ0n) is 8.55. The third kappa shape index (κ3) is 3.61. The first kappa shape index (κ1) is 10.3. The van der Waals surface area contributed by atoms with Crippen molar-refractivity contribution in [3.8, 4) is 0 Å². The highest BCUT2D eigenvalue weighted by Gasteiger charge is 2.09. The molecule has 0 unspecified atom stereocenters. The minimum atomic E-state index is 0.121. The Bertz CT molecular complexity index is 260. The molecule has 74 valence electrons. The van der Waals surface area contributed by atoms with E-state index in [4.69, 9.17) is 10.2 Å². The highest BCUT2D eigenvalue weighted by molar-refractivity contribution is 5.06. The molecule has 3 heteroatoms. The van der Waals surface area contributed by atoms with Crippen LogP contribution in [0.2, 0.25) is 0 Å². The molecule has 0 aliphatic carbocycles. The molecule has 0 spiro atoms. The van der Waals surface area contributed by atoms with Gasteiger partial charge in [0.2, 0.25) is 0 Å². The van der Waals surface area contributed by atoms with Crippen LogP contribution in [0, 0.1) is 0 Å². The Hall–Kier alpha value is -0.800.